The third-order valence-electron chi connectivity index (χ3n) is 4.24. The highest BCUT2D eigenvalue weighted by atomic mass is 35.5. The number of nitrogens with two attached hydrogens (primary N) is 1. The van der Waals surface area contributed by atoms with Crippen LogP contribution >= 0.6 is 11.6 Å². The second kappa shape index (κ2) is 5.50. The van der Waals surface area contributed by atoms with E-state index in [1.54, 1.807) is 7.11 Å². The molecule has 2 rings (SSSR count). The van der Waals surface area contributed by atoms with E-state index in [1.807, 2.05) is 6.07 Å². The zero-order valence-electron chi connectivity index (χ0n) is 11.3. The first-order chi connectivity index (χ1) is 8.66. The zero-order chi connectivity index (χ0) is 13.2. The van der Waals surface area contributed by atoms with Gasteiger partial charge in [0.15, 0.2) is 0 Å². The molecule has 1 aromatic rings. The predicted molar refractivity (Wildman–Crippen MR) is 76.6 cm³/mol. The Bertz CT molecular complexity index is 425. The minimum Gasteiger partial charge on any atom is -0.496 e. The number of benzene rings is 1. The Morgan fingerprint density at radius 1 is 1.33 bits per heavy atom. The highest BCUT2D eigenvalue weighted by Gasteiger charge is 2.37. The molecule has 0 atom stereocenters. The smallest absolute Gasteiger partial charge is 0.125 e. The van der Waals surface area contributed by atoms with E-state index in [1.165, 1.54) is 24.0 Å². The molecule has 0 spiro atoms. The molecule has 3 heteroatoms. The SMILES string of the molecule is CCc1cc(Cl)cc(C2(CN)CCCC2)c1OC. The Morgan fingerprint density at radius 3 is 2.50 bits per heavy atom. The van der Waals surface area contributed by atoms with Crippen LogP contribution in [0.5, 0.6) is 5.75 Å². The van der Waals surface area contributed by atoms with E-state index in [9.17, 15) is 0 Å². The Morgan fingerprint density at radius 2 is 2.00 bits per heavy atom. The van der Waals surface area contributed by atoms with Gasteiger partial charge in [0.25, 0.3) is 0 Å². The van der Waals surface area contributed by atoms with Gasteiger partial charge in [-0.1, -0.05) is 31.4 Å². The molecule has 0 aromatic heterocycles. The maximum Gasteiger partial charge on any atom is 0.125 e. The van der Waals surface area contributed by atoms with Crippen molar-refractivity contribution in [1.82, 2.24) is 0 Å². The van der Waals surface area contributed by atoms with Crippen LogP contribution in [0, 0.1) is 0 Å². The molecule has 2 nitrogen and oxygen atoms in total. The van der Waals surface area contributed by atoms with Crippen LogP contribution in [0.15, 0.2) is 12.1 Å². The lowest BCUT2D eigenvalue weighted by Gasteiger charge is -2.30. The summed E-state index contributed by atoms with van der Waals surface area (Å²) in [7, 11) is 1.74. The molecular weight excluding hydrogens is 246 g/mol. The number of ether oxygens (including phenoxy) is 1. The van der Waals surface area contributed by atoms with E-state index in [4.69, 9.17) is 22.1 Å². The van der Waals surface area contributed by atoms with E-state index < -0.39 is 0 Å². The van der Waals surface area contributed by atoms with Crippen molar-refractivity contribution in [3.05, 3.63) is 28.3 Å². The van der Waals surface area contributed by atoms with Crippen molar-refractivity contribution in [2.24, 2.45) is 5.73 Å². The molecule has 0 bridgehead atoms. The summed E-state index contributed by atoms with van der Waals surface area (Å²) in [4.78, 5) is 0. The monoisotopic (exact) mass is 267 g/mol. The lowest BCUT2D eigenvalue weighted by Crippen LogP contribution is -2.32. The maximum atomic E-state index is 6.26. The van der Waals surface area contributed by atoms with E-state index >= 15 is 0 Å². The van der Waals surface area contributed by atoms with Crippen molar-refractivity contribution < 1.29 is 4.74 Å². The van der Waals surface area contributed by atoms with Crippen molar-refractivity contribution in [3.63, 3.8) is 0 Å². The highest BCUT2D eigenvalue weighted by molar-refractivity contribution is 6.30. The van der Waals surface area contributed by atoms with Crippen LogP contribution in [-0.2, 0) is 11.8 Å². The molecule has 1 aliphatic carbocycles. The second-order valence-corrected chi connectivity index (χ2v) is 5.63. The third kappa shape index (κ3) is 2.24. The van der Waals surface area contributed by atoms with Gasteiger partial charge in [-0.15, -0.1) is 0 Å². The first-order valence-electron chi connectivity index (χ1n) is 6.74. The molecule has 1 saturated carbocycles. The summed E-state index contributed by atoms with van der Waals surface area (Å²) in [6.07, 6.45) is 5.70. The standard InChI is InChI=1S/C15H22ClNO/c1-3-11-8-12(16)9-13(14(11)18-2)15(10-17)6-4-5-7-15/h8-9H,3-7,10,17H2,1-2H3. The summed E-state index contributed by atoms with van der Waals surface area (Å²) in [5.74, 6) is 0.995. The molecule has 100 valence electrons. The van der Waals surface area contributed by atoms with Crippen LogP contribution in [0.1, 0.15) is 43.7 Å². The van der Waals surface area contributed by atoms with E-state index in [2.05, 4.69) is 13.0 Å². The van der Waals surface area contributed by atoms with Crippen LogP contribution in [0.2, 0.25) is 5.02 Å². The van der Waals surface area contributed by atoms with E-state index in [0.29, 0.717) is 6.54 Å². The number of halogens is 1. The van der Waals surface area contributed by atoms with Crippen molar-refractivity contribution >= 4 is 11.6 Å². The van der Waals surface area contributed by atoms with Gasteiger partial charge < -0.3 is 10.5 Å². The van der Waals surface area contributed by atoms with Gasteiger partial charge in [0.1, 0.15) is 5.75 Å². The molecule has 1 aliphatic rings. The van der Waals surface area contributed by atoms with Gasteiger partial charge in [0.2, 0.25) is 0 Å². The molecule has 0 amide bonds. The van der Waals surface area contributed by atoms with Crippen molar-refractivity contribution in [3.8, 4) is 5.75 Å². The fourth-order valence-corrected chi connectivity index (χ4v) is 3.42. The van der Waals surface area contributed by atoms with Gasteiger partial charge in [-0.3, -0.25) is 0 Å². The minimum absolute atomic E-state index is 0.0696. The molecule has 1 fully saturated rings. The summed E-state index contributed by atoms with van der Waals surface area (Å²) >= 11 is 6.26. The van der Waals surface area contributed by atoms with Gasteiger partial charge in [0, 0.05) is 22.5 Å². The van der Waals surface area contributed by atoms with Crippen LogP contribution in [-0.4, -0.2) is 13.7 Å². The average molecular weight is 268 g/mol. The van der Waals surface area contributed by atoms with Gasteiger partial charge >= 0.3 is 0 Å². The summed E-state index contributed by atoms with van der Waals surface area (Å²) < 4.78 is 5.65. The lowest BCUT2D eigenvalue weighted by atomic mass is 9.77. The largest absolute Gasteiger partial charge is 0.496 e. The molecular formula is C15H22ClNO. The average Bonchev–Trinajstić information content (AvgIpc) is 2.87. The normalized spacial score (nSPS) is 18.0. The maximum absolute atomic E-state index is 6.26. The lowest BCUT2D eigenvalue weighted by molar-refractivity contribution is 0.374. The molecule has 0 aliphatic heterocycles. The fourth-order valence-electron chi connectivity index (χ4n) is 3.18. The molecule has 1 aromatic carbocycles. The van der Waals surface area contributed by atoms with Gasteiger partial charge in [0.05, 0.1) is 7.11 Å². The third-order valence-corrected chi connectivity index (χ3v) is 4.46. The molecule has 0 heterocycles. The van der Waals surface area contributed by atoms with Crippen LogP contribution in [0.4, 0.5) is 0 Å². The van der Waals surface area contributed by atoms with E-state index in [0.717, 1.165) is 30.0 Å². The van der Waals surface area contributed by atoms with E-state index in [-0.39, 0.29) is 5.41 Å². The molecule has 0 radical (unpaired) electrons. The molecule has 2 N–H and O–H groups in total. The molecule has 0 saturated heterocycles. The van der Waals surface area contributed by atoms with Crippen LogP contribution in [0.3, 0.4) is 0 Å². The van der Waals surface area contributed by atoms with Crippen molar-refractivity contribution in [1.29, 1.82) is 0 Å². The van der Waals surface area contributed by atoms with Crippen LogP contribution in [0.25, 0.3) is 0 Å². The Labute approximate surface area is 114 Å². The van der Waals surface area contributed by atoms with Crippen molar-refractivity contribution in [2.75, 3.05) is 13.7 Å². The molecule has 0 unspecified atom stereocenters. The highest BCUT2D eigenvalue weighted by Crippen LogP contribution is 2.46. The second-order valence-electron chi connectivity index (χ2n) is 5.19. The predicted octanol–water partition coefficient (Wildman–Crippen LogP) is 3.68. The summed E-state index contributed by atoms with van der Waals surface area (Å²) in [5.41, 5.74) is 8.53. The van der Waals surface area contributed by atoms with Gasteiger partial charge in [-0.25, -0.2) is 0 Å². The molecule has 18 heavy (non-hydrogen) atoms. The summed E-state index contributed by atoms with van der Waals surface area (Å²) in [6.45, 7) is 2.80. The number of aryl methyl sites for hydroxylation is 1. The Kier molecular flexibility index (Phi) is 4.18. The Balaban J connectivity index is 2.57. The van der Waals surface area contributed by atoms with Crippen LogP contribution < -0.4 is 10.5 Å². The number of rotatable bonds is 4. The summed E-state index contributed by atoms with van der Waals surface area (Å²) in [5, 5.41) is 0.794. The first-order valence-corrected chi connectivity index (χ1v) is 7.11. The number of hydrogen-bond acceptors (Lipinski definition) is 2. The van der Waals surface area contributed by atoms with Crippen molar-refractivity contribution in [2.45, 2.75) is 44.4 Å². The topological polar surface area (TPSA) is 35.2 Å². The first kappa shape index (κ1) is 13.7. The zero-order valence-corrected chi connectivity index (χ0v) is 12.0. The summed E-state index contributed by atoms with van der Waals surface area (Å²) in [6, 6.07) is 4.06. The fraction of sp³-hybridized carbons (Fsp3) is 0.600. The Hall–Kier alpha value is -0.730. The number of methoxy groups -OCH3 is 1. The minimum atomic E-state index is 0.0696. The number of hydrogen-bond donors (Lipinski definition) is 1. The quantitative estimate of drug-likeness (QED) is 0.903. The van der Waals surface area contributed by atoms with Gasteiger partial charge in [-0.05, 0) is 37.0 Å². The van der Waals surface area contributed by atoms with Gasteiger partial charge in [-0.2, -0.15) is 0 Å².